The fraction of sp³-hybridized carbons (Fsp3) is 0.100. The second-order valence-corrected chi connectivity index (χ2v) is 9.20. The number of anilines is 1. The molecule has 2 heterocycles. The van der Waals surface area contributed by atoms with Gasteiger partial charge in [0.25, 0.3) is 5.91 Å². The standard InChI is InChI=1S/C30H21F5N4O2/c31-24-8-6-17(13-23(24)30(33,34)35)18-5-7-22(25(32)14-18)28(40)39-27(29(41)38-20-9-11-36-12-10-20)15-19-16-37-26-4-2-1-3-21(19)26/h1-14,16,27,37H,15H2,(H,39,40)(H,36,38,41). The fourth-order valence-corrected chi connectivity index (χ4v) is 4.43. The number of benzene rings is 3. The van der Waals surface area contributed by atoms with Crippen molar-refractivity contribution in [1.82, 2.24) is 15.3 Å². The Balaban J connectivity index is 1.41. The van der Waals surface area contributed by atoms with Crippen LogP contribution in [0.25, 0.3) is 22.0 Å². The maximum Gasteiger partial charge on any atom is 0.419 e. The van der Waals surface area contributed by atoms with Crippen LogP contribution < -0.4 is 10.6 Å². The molecule has 0 aliphatic rings. The van der Waals surface area contributed by atoms with Crippen molar-refractivity contribution in [2.45, 2.75) is 18.6 Å². The first-order valence-electron chi connectivity index (χ1n) is 12.3. The monoisotopic (exact) mass is 564 g/mol. The number of fused-ring (bicyclic) bond motifs is 1. The van der Waals surface area contributed by atoms with E-state index < -0.39 is 46.8 Å². The van der Waals surface area contributed by atoms with Crippen LogP contribution in [0.4, 0.5) is 27.6 Å². The summed E-state index contributed by atoms with van der Waals surface area (Å²) in [4.78, 5) is 33.4. The molecule has 0 radical (unpaired) electrons. The molecule has 0 fully saturated rings. The molecule has 1 unspecified atom stereocenters. The number of nitrogens with zero attached hydrogens (tertiary/aromatic N) is 1. The van der Waals surface area contributed by atoms with Crippen LogP contribution in [0.15, 0.2) is 91.4 Å². The lowest BCUT2D eigenvalue weighted by Crippen LogP contribution is -2.45. The van der Waals surface area contributed by atoms with Crippen molar-refractivity contribution in [3.63, 3.8) is 0 Å². The van der Waals surface area contributed by atoms with Gasteiger partial charge in [-0.2, -0.15) is 13.2 Å². The summed E-state index contributed by atoms with van der Waals surface area (Å²) in [5.41, 5.74) is 0.0248. The summed E-state index contributed by atoms with van der Waals surface area (Å²) < 4.78 is 68.2. The van der Waals surface area contributed by atoms with Crippen LogP contribution in [0, 0.1) is 11.6 Å². The highest BCUT2D eigenvalue weighted by Crippen LogP contribution is 2.34. The number of pyridine rings is 1. The quantitative estimate of drug-likeness (QED) is 0.197. The lowest BCUT2D eigenvalue weighted by atomic mass is 10.00. The molecule has 0 saturated heterocycles. The average Bonchev–Trinajstić information content (AvgIpc) is 3.35. The number of amides is 2. The number of aromatic amines is 1. The Morgan fingerprint density at radius 2 is 1.59 bits per heavy atom. The third-order valence-electron chi connectivity index (χ3n) is 6.49. The van der Waals surface area contributed by atoms with E-state index in [2.05, 4.69) is 20.6 Å². The largest absolute Gasteiger partial charge is 0.419 e. The highest BCUT2D eigenvalue weighted by Gasteiger charge is 2.34. The van der Waals surface area contributed by atoms with Crippen molar-refractivity contribution < 1.29 is 31.5 Å². The maximum absolute atomic E-state index is 15.1. The number of nitrogens with one attached hydrogen (secondary N) is 3. The number of halogens is 5. The smallest absolute Gasteiger partial charge is 0.361 e. The number of rotatable bonds is 7. The Morgan fingerprint density at radius 1 is 0.878 bits per heavy atom. The predicted octanol–water partition coefficient (Wildman–Crippen LogP) is 6.51. The normalized spacial score (nSPS) is 12.2. The summed E-state index contributed by atoms with van der Waals surface area (Å²) in [5.74, 6) is -3.95. The molecule has 0 aliphatic heterocycles. The Hall–Kier alpha value is -5.06. The van der Waals surface area contributed by atoms with Gasteiger partial charge in [0, 0.05) is 41.6 Å². The SMILES string of the molecule is O=C(NC(Cc1c[nH]c2ccccc12)C(=O)Nc1ccncc1)c1ccc(-c2ccc(F)c(C(F)(F)F)c2)cc1F. The van der Waals surface area contributed by atoms with E-state index in [1.807, 2.05) is 24.3 Å². The minimum absolute atomic E-state index is 0.00956. The first-order chi connectivity index (χ1) is 19.6. The molecule has 11 heteroatoms. The van der Waals surface area contributed by atoms with Crippen LogP contribution in [0.5, 0.6) is 0 Å². The Morgan fingerprint density at radius 3 is 2.32 bits per heavy atom. The topological polar surface area (TPSA) is 86.9 Å². The van der Waals surface area contributed by atoms with Gasteiger partial charge in [-0.05, 0) is 59.2 Å². The number of H-pyrrole nitrogens is 1. The molecule has 0 spiro atoms. The zero-order chi connectivity index (χ0) is 29.1. The van der Waals surface area contributed by atoms with Crippen molar-refractivity contribution in [2.24, 2.45) is 0 Å². The van der Waals surface area contributed by atoms with Crippen molar-refractivity contribution in [3.05, 3.63) is 120 Å². The van der Waals surface area contributed by atoms with Gasteiger partial charge in [0.1, 0.15) is 17.7 Å². The van der Waals surface area contributed by atoms with E-state index in [9.17, 15) is 27.2 Å². The van der Waals surface area contributed by atoms with Gasteiger partial charge >= 0.3 is 6.18 Å². The number of alkyl halides is 3. The van der Waals surface area contributed by atoms with Crippen LogP contribution in [-0.4, -0.2) is 27.8 Å². The molecule has 208 valence electrons. The molecular formula is C30H21F5N4O2. The van der Waals surface area contributed by atoms with Crippen LogP contribution in [0.3, 0.4) is 0 Å². The van der Waals surface area contributed by atoms with Crippen molar-refractivity contribution in [1.29, 1.82) is 0 Å². The number of hydrogen-bond donors (Lipinski definition) is 3. The van der Waals surface area contributed by atoms with E-state index in [4.69, 9.17) is 0 Å². The molecule has 2 amide bonds. The molecule has 6 nitrogen and oxygen atoms in total. The summed E-state index contributed by atoms with van der Waals surface area (Å²) in [6.07, 6.45) is -0.175. The number of hydrogen-bond acceptors (Lipinski definition) is 3. The van der Waals surface area contributed by atoms with Gasteiger partial charge in [-0.15, -0.1) is 0 Å². The van der Waals surface area contributed by atoms with Gasteiger partial charge in [0.2, 0.25) is 5.91 Å². The molecule has 0 saturated carbocycles. The van der Waals surface area contributed by atoms with Crippen LogP contribution >= 0.6 is 0 Å². The molecule has 5 aromatic rings. The highest BCUT2D eigenvalue weighted by atomic mass is 19.4. The molecule has 0 bridgehead atoms. The van der Waals surface area contributed by atoms with Gasteiger partial charge in [0.05, 0.1) is 11.1 Å². The third kappa shape index (κ3) is 6.08. The second kappa shape index (κ2) is 11.2. The van der Waals surface area contributed by atoms with E-state index in [0.717, 1.165) is 34.7 Å². The van der Waals surface area contributed by atoms with Gasteiger partial charge in [0.15, 0.2) is 0 Å². The Labute approximate surface area is 230 Å². The number of carbonyl (C=O) groups is 2. The highest BCUT2D eigenvalue weighted by molar-refractivity contribution is 6.02. The van der Waals surface area contributed by atoms with Crippen LogP contribution in [-0.2, 0) is 17.4 Å². The fourth-order valence-electron chi connectivity index (χ4n) is 4.43. The van der Waals surface area contributed by atoms with Gasteiger partial charge in [-0.3, -0.25) is 14.6 Å². The van der Waals surface area contributed by atoms with Gasteiger partial charge < -0.3 is 15.6 Å². The third-order valence-corrected chi connectivity index (χ3v) is 6.49. The first-order valence-corrected chi connectivity index (χ1v) is 12.3. The van der Waals surface area contributed by atoms with Crippen molar-refractivity contribution in [2.75, 3.05) is 5.32 Å². The predicted molar refractivity (Wildman–Crippen MR) is 143 cm³/mol. The molecule has 5 rings (SSSR count). The molecule has 41 heavy (non-hydrogen) atoms. The van der Waals surface area contributed by atoms with Crippen molar-refractivity contribution >= 4 is 28.4 Å². The van der Waals surface area contributed by atoms with E-state index in [1.165, 1.54) is 18.5 Å². The summed E-state index contributed by atoms with van der Waals surface area (Å²) in [7, 11) is 0. The minimum atomic E-state index is -4.94. The summed E-state index contributed by atoms with van der Waals surface area (Å²) >= 11 is 0. The van der Waals surface area contributed by atoms with Crippen molar-refractivity contribution in [3.8, 4) is 11.1 Å². The zero-order valence-corrected chi connectivity index (χ0v) is 21.1. The molecule has 3 N–H and O–H groups in total. The van der Waals surface area contributed by atoms with Gasteiger partial charge in [-0.1, -0.05) is 30.3 Å². The molecule has 0 aliphatic carbocycles. The summed E-state index contributed by atoms with van der Waals surface area (Å²) in [6, 6.07) is 14.9. The summed E-state index contributed by atoms with van der Waals surface area (Å²) in [5, 5.41) is 6.12. The van der Waals surface area contributed by atoms with E-state index in [0.29, 0.717) is 17.8 Å². The average molecular weight is 565 g/mol. The second-order valence-electron chi connectivity index (χ2n) is 9.20. The van der Waals surface area contributed by atoms with Crippen LogP contribution in [0.2, 0.25) is 0 Å². The van der Waals surface area contributed by atoms with E-state index >= 15 is 4.39 Å². The van der Waals surface area contributed by atoms with Gasteiger partial charge in [-0.25, -0.2) is 8.78 Å². The molecular weight excluding hydrogens is 543 g/mol. The molecule has 1 atom stereocenters. The number of aromatic nitrogens is 2. The van der Waals surface area contributed by atoms with E-state index in [-0.39, 0.29) is 17.5 Å². The molecule has 3 aromatic carbocycles. The lowest BCUT2D eigenvalue weighted by Gasteiger charge is -2.19. The maximum atomic E-state index is 15.1. The number of carbonyl (C=O) groups excluding carboxylic acids is 2. The first kappa shape index (κ1) is 27.5. The Kier molecular flexibility index (Phi) is 7.52. The van der Waals surface area contributed by atoms with E-state index in [1.54, 1.807) is 18.3 Å². The zero-order valence-electron chi connectivity index (χ0n) is 21.1. The molecule has 2 aromatic heterocycles. The lowest BCUT2D eigenvalue weighted by molar-refractivity contribution is -0.140. The minimum Gasteiger partial charge on any atom is -0.361 e. The number of para-hydroxylation sites is 1. The van der Waals surface area contributed by atoms with Crippen LogP contribution in [0.1, 0.15) is 21.5 Å². The summed E-state index contributed by atoms with van der Waals surface area (Å²) in [6.45, 7) is 0. The Bertz CT molecular complexity index is 1730.